The van der Waals surface area contributed by atoms with E-state index in [1.807, 2.05) is 18.7 Å². The van der Waals surface area contributed by atoms with Gasteiger partial charge in [0.2, 0.25) is 0 Å². The van der Waals surface area contributed by atoms with Gasteiger partial charge in [-0.25, -0.2) is 0 Å². The van der Waals surface area contributed by atoms with Crippen LogP contribution in [0.5, 0.6) is 0 Å². The van der Waals surface area contributed by atoms with Crippen molar-refractivity contribution in [1.29, 1.82) is 0 Å². The number of carbonyl (C=O) groups excluding carboxylic acids is 1. The van der Waals surface area contributed by atoms with Crippen LogP contribution in [0.1, 0.15) is 91.7 Å². The third-order valence-corrected chi connectivity index (χ3v) is 29.1. The zero-order chi connectivity index (χ0) is 27.9. The number of hydrogen-bond donors (Lipinski definition) is 0. The van der Waals surface area contributed by atoms with Crippen LogP contribution in [-0.4, -0.2) is 47.2 Å². The van der Waals surface area contributed by atoms with E-state index >= 15 is 0 Å². The molecule has 3 heterocycles. The van der Waals surface area contributed by atoms with Crippen molar-refractivity contribution in [2.75, 3.05) is 0 Å². The van der Waals surface area contributed by atoms with Gasteiger partial charge in [-0.1, -0.05) is 0 Å². The number of aromatic nitrogens is 3. The molecule has 0 spiro atoms. The maximum absolute atomic E-state index is 12.8. The maximum atomic E-state index is 12.8. The van der Waals surface area contributed by atoms with Gasteiger partial charge in [0.1, 0.15) is 0 Å². The van der Waals surface area contributed by atoms with Gasteiger partial charge in [0.25, 0.3) is 0 Å². The number of fused-ring (bicyclic) bond motifs is 1. The van der Waals surface area contributed by atoms with Gasteiger partial charge in [-0.2, -0.15) is 0 Å². The molecule has 0 aliphatic carbocycles. The third kappa shape index (κ3) is 7.20. The van der Waals surface area contributed by atoms with Gasteiger partial charge < -0.3 is 0 Å². The number of unbranched alkanes of at least 4 members (excludes halogenated alkanes) is 3. The van der Waals surface area contributed by atoms with E-state index in [-0.39, 0.29) is 11.5 Å². The Morgan fingerprint density at radius 3 is 2.16 bits per heavy atom. The number of rotatable bonds is 14. The first kappa shape index (κ1) is 31.5. The third-order valence-electron chi connectivity index (χ3n) is 7.58. The van der Waals surface area contributed by atoms with Crippen molar-refractivity contribution in [2.45, 2.75) is 118 Å². The van der Waals surface area contributed by atoms with Crippen molar-refractivity contribution in [3.8, 4) is 11.3 Å². The molecular weight excluding hydrogens is 613 g/mol. The Hall–Kier alpha value is -0.994. The summed E-state index contributed by atoms with van der Waals surface area (Å²) in [6, 6.07) is 2.19. The zero-order valence-corrected chi connectivity index (χ0v) is 29.8. The molecule has 1 aliphatic rings. The molecule has 2 unspecified atom stereocenters. The number of nitrogens with zero attached hydrogens (tertiary/aromatic N) is 3. The second kappa shape index (κ2) is 14.1. The second-order valence-electron chi connectivity index (χ2n) is 12.2. The van der Waals surface area contributed by atoms with Crippen molar-refractivity contribution in [1.82, 2.24) is 14.5 Å². The first-order chi connectivity index (χ1) is 18.1. The topological polar surface area (TPSA) is 57.0 Å². The van der Waals surface area contributed by atoms with Crippen LogP contribution in [0.4, 0.5) is 0 Å². The van der Waals surface area contributed by atoms with Crippen molar-refractivity contribution in [3.05, 3.63) is 33.3 Å². The molecule has 2 aromatic rings. The van der Waals surface area contributed by atoms with E-state index in [1.54, 1.807) is 0 Å². The Labute approximate surface area is 239 Å². The van der Waals surface area contributed by atoms with Gasteiger partial charge in [-0.3, -0.25) is 0 Å². The van der Waals surface area contributed by atoms with E-state index < -0.39 is 37.9 Å². The fourth-order valence-corrected chi connectivity index (χ4v) is 29.6. The fraction of sp³-hybridized carbons (Fsp3) is 0.633. The van der Waals surface area contributed by atoms with E-state index in [0.717, 1.165) is 21.8 Å². The predicted octanol–water partition coefficient (Wildman–Crippen LogP) is 8.93. The quantitative estimate of drug-likeness (QED) is 0.150. The average Bonchev–Trinajstić information content (AvgIpc) is 3.46. The number of hydrogen-bond acceptors (Lipinski definition) is 4. The summed E-state index contributed by atoms with van der Waals surface area (Å²) in [4.78, 5) is 22.2. The van der Waals surface area contributed by atoms with Crippen LogP contribution in [0.25, 0.3) is 17.5 Å². The predicted molar refractivity (Wildman–Crippen MR) is 168 cm³/mol. The first-order valence-electron chi connectivity index (χ1n) is 14.6. The van der Waals surface area contributed by atoms with Crippen molar-refractivity contribution >= 4 is 49.3 Å². The Bertz CT molecular complexity index is 1140. The SMILES string of the molecule is CCC[CH2][Sn]([CH2]CCC)([CH2]CCC)[C]1=Cn2cnc(-c3cncc(C(O[SiH](C)C)C(C)(C)C)c3)c2S1=C=O. The Balaban J connectivity index is 2.07. The van der Waals surface area contributed by atoms with Gasteiger partial charge in [0.15, 0.2) is 0 Å². The molecule has 0 N–H and O–H groups in total. The molecule has 3 rings (SSSR count). The van der Waals surface area contributed by atoms with Gasteiger partial charge in [-0.05, 0) is 0 Å². The molecule has 0 saturated carbocycles. The summed E-state index contributed by atoms with van der Waals surface area (Å²) in [5.41, 5.74) is 2.89. The van der Waals surface area contributed by atoms with Crippen LogP contribution in [0.15, 0.2) is 32.7 Å². The molecule has 0 bridgehead atoms. The molecule has 210 valence electrons. The van der Waals surface area contributed by atoms with Crippen molar-refractivity contribution < 1.29 is 9.22 Å². The summed E-state index contributed by atoms with van der Waals surface area (Å²) < 4.78 is 14.2. The van der Waals surface area contributed by atoms with Crippen LogP contribution in [0.3, 0.4) is 0 Å². The van der Waals surface area contributed by atoms with Crippen LogP contribution < -0.4 is 0 Å². The summed E-state index contributed by atoms with van der Waals surface area (Å²) in [7, 11) is -1.91. The van der Waals surface area contributed by atoms with E-state index in [0.29, 0.717) is 0 Å². The summed E-state index contributed by atoms with van der Waals surface area (Å²) in [6.45, 7) is 18.0. The van der Waals surface area contributed by atoms with Crippen molar-refractivity contribution in [3.63, 3.8) is 0 Å². The first-order valence-corrected chi connectivity index (χ1v) is 26.1. The molecule has 1 aliphatic heterocycles. The van der Waals surface area contributed by atoms with E-state index in [9.17, 15) is 4.79 Å². The molecule has 2 aromatic heterocycles. The van der Waals surface area contributed by atoms with E-state index in [2.05, 4.69) is 81.7 Å². The Morgan fingerprint density at radius 1 is 1.05 bits per heavy atom. The minimum absolute atomic E-state index is 0.0252. The van der Waals surface area contributed by atoms with Crippen LogP contribution in [-0.2, 0) is 9.22 Å². The summed E-state index contributed by atoms with van der Waals surface area (Å²) >= 11 is -2.80. The summed E-state index contributed by atoms with van der Waals surface area (Å²) in [6.07, 6.45) is 15.5. The average molecular weight is 663 g/mol. The monoisotopic (exact) mass is 663 g/mol. The summed E-state index contributed by atoms with van der Waals surface area (Å²) in [5, 5.41) is 3.57. The minimum atomic E-state index is -2.80. The van der Waals surface area contributed by atoms with Gasteiger partial charge in [0.05, 0.1) is 0 Å². The Morgan fingerprint density at radius 2 is 1.66 bits per heavy atom. The molecule has 5 nitrogen and oxygen atoms in total. The standard InChI is InChI=1S/C18H22N3O2SSi.3C4H9.Sn/c1-18(2,3)16(23-25(4)5)14-8-13(9-19-10-14)15-17-21(11-20-15)6-7-24(17)12-22;3*1-3-4-2;/h6,8-11,16,25H,1-5H3;3*1,3-4H2,2H3;. The summed E-state index contributed by atoms with van der Waals surface area (Å²) in [5.74, 6) is 0. The van der Waals surface area contributed by atoms with Crippen LogP contribution in [0, 0.1) is 5.41 Å². The number of pyridine rings is 1. The molecule has 0 amide bonds. The van der Waals surface area contributed by atoms with Gasteiger partial charge in [-0.15, -0.1) is 0 Å². The fourth-order valence-electron chi connectivity index (χ4n) is 5.64. The molecule has 0 aromatic carbocycles. The van der Waals surface area contributed by atoms with Crippen LogP contribution >= 0.6 is 10.5 Å². The van der Waals surface area contributed by atoms with E-state index in [4.69, 9.17) is 9.41 Å². The van der Waals surface area contributed by atoms with Gasteiger partial charge in [0, 0.05) is 0 Å². The molecule has 38 heavy (non-hydrogen) atoms. The van der Waals surface area contributed by atoms with Crippen LogP contribution in [0.2, 0.25) is 26.4 Å². The van der Waals surface area contributed by atoms with Crippen molar-refractivity contribution in [2.24, 2.45) is 5.41 Å². The normalized spacial score (nSPS) is 16.4. The molecule has 0 saturated heterocycles. The molecule has 2 atom stereocenters. The Kier molecular flexibility index (Phi) is 11.7. The molecular formula is C30H49N3O2SSiSn. The van der Waals surface area contributed by atoms with E-state index in [1.165, 1.54) is 54.8 Å². The number of imidazole rings is 1. The molecule has 0 fully saturated rings. The van der Waals surface area contributed by atoms with Gasteiger partial charge >= 0.3 is 241 Å². The zero-order valence-electron chi connectivity index (χ0n) is 25.0. The second-order valence-corrected chi connectivity index (χ2v) is 30.4. The molecule has 0 radical (unpaired) electrons. The molecule has 8 heteroatoms.